The summed E-state index contributed by atoms with van der Waals surface area (Å²) in [5, 5.41) is 9.18. The van der Waals surface area contributed by atoms with Crippen LogP contribution in [0.1, 0.15) is 12.8 Å². The Balaban J connectivity index is 2.15. The van der Waals surface area contributed by atoms with Gasteiger partial charge in [0, 0.05) is 18.8 Å². The molecule has 3 N–H and O–H groups in total. The maximum atomic E-state index is 12.9. The van der Waals surface area contributed by atoms with E-state index in [0.29, 0.717) is 12.8 Å². The van der Waals surface area contributed by atoms with E-state index < -0.39 is 12.0 Å². The molecule has 2 rings (SSSR count). The normalized spacial score (nSPS) is 25.3. The first-order valence-electron chi connectivity index (χ1n) is 5.62. The van der Waals surface area contributed by atoms with Crippen molar-refractivity contribution >= 4 is 5.69 Å². The van der Waals surface area contributed by atoms with Crippen LogP contribution in [-0.4, -0.2) is 30.2 Å². The summed E-state index contributed by atoms with van der Waals surface area (Å²) >= 11 is 0. The zero-order valence-corrected chi connectivity index (χ0v) is 9.44. The van der Waals surface area contributed by atoms with Gasteiger partial charge in [-0.15, -0.1) is 0 Å². The van der Waals surface area contributed by atoms with Crippen LogP contribution in [0.5, 0.6) is 5.75 Å². The molecule has 3 nitrogen and oxygen atoms in total. The Labute approximate surface area is 98.8 Å². The lowest BCUT2D eigenvalue weighted by Crippen LogP contribution is -2.59. The number of hydrogen-bond donors (Lipinski definition) is 2. The minimum absolute atomic E-state index is 0.148. The van der Waals surface area contributed by atoms with Gasteiger partial charge in [0.25, 0.3) is 6.43 Å². The summed E-state index contributed by atoms with van der Waals surface area (Å²) in [5.41, 5.74) is 5.12. The summed E-state index contributed by atoms with van der Waals surface area (Å²) in [5.74, 6) is 0.165. The van der Waals surface area contributed by atoms with E-state index in [1.54, 1.807) is 24.3 Å². The van der Waals surface area contributed by atoms with Crippen LogP contribution in [0.15, 0.2) is 24.3 Å². The van der Waals surface area contributed by atoms with Gasteiger partial charge in [-0.1, -0.05) is 0 Å². The van der Waals surface area contributed by atoms with Crippen LogP contribution in [-0.2, 0) is 0 Å². The SMILES string of the molecule is NC1(C(F)F)CCCN(c2ccc(O)cc2)C1. The van der Waals surface area contributed by atoms with Gasteiger partial charge in [0.2, 0.25) is 0 Å². The first-order chi connectivity index (χ1) is 8.01. The highest BCUT2D eigenvalue weighted by Crippen LogP contribution is 2.29. The summed E-state index contributed by atoms with van der Waals surface area (Å²) in [7, 11) is 0. The summed E-state index contributed by atoms with van der Waals surface area (Å²) in [6.07, 6.45) is -1.51. The molecule has 0 aliphatic carbocycles. The van der Waals surface area contributed by atoms with Crippen LogP contribution >= 0.6 is 0 Å². The van der Waals surface area contributed by atoms with E-state index in [9.17, 15) is 13.9 Å². The average Bonchev–Trinajstić information content (AvgIpc) is 2.30. The lowest BCUT2D eigenvalue weighted by Gasteiger charge is -2.40. The summed E-state index contributed by atoms with van der Waals surface area (Å²) in [4.78, 5) is 1.84. The zero-order chi connectivity index (χ0) is 12.5. The molecule has 1 fully saturated rings. The second-order valence-electron chi connectivity index (χ2n) is 4.58. The van der Waals surface area contributed by atoms with E-state index in [4.69, 9.17) is 5.73 Å². The number of benzene rings is 1. The number of halogens is 2. The number of aromatic hydroxyl groups is 1. The van der Waals surface area contributed by atoms with Crippen LogP contribution in [0.25, 0.3) is 0 Å². The highest BCUT2D eigenvalue weighted by atomic mass is 19.3. The number of nitrogens with zero attached hydrogens (tertiary/aromatic N) is 1. The van der Waals surface area contributed by atoms with Gasteiger partial charge in [-0.25, -0.2) is 8.78 Å². The van der Waals surface area contributed by atoms with Crippen molar-refractivity contribution in [3.8, 4) is 5.75 Å². The van der Waals surface area contributed by atoms with E-state index in [1.165, 1.54) is 0 Å². The molecule has 1 aromatic carbocycles. The third-order valence-corrected chi connectivity index (χ3v) is 3.20. The van der Waals surface area contributed by atoms with Gasteiger partial charge in [-0.05, 0) is 37.1 Å². The third-order valence-electron chi connectivity index (χ3n) is 3.20. The fraction of sp³-hybridized carbons (Fsp3) is 0.500. The van der Waals surface area contributed by atoms with E-state index in [1.807, 2.05) is 4.90 Å². The van der Waals surface area contributed by atoms with Crippen LogP contribution in [0.2, 0.25) is 0 Å². The number of alkyl halides is 2. The molecule has 1 aliphatic heterocycles. The first kappa shape index (κ1) is 12.1. The predicted octanol–water partition coefficient (Wildman–Crippen LogP) is 1.96. The largest absolute Gasteiger partial charge is 0.508 e. The van der Waals surface area contributed by atoms with Crippen LogP contribution < -0.4 is 10.6 Å². The van der Waals surface area contributed by atoms with E-state index in [-0.39, 0.29) is 12.3 Å². The number of piperidine rings is 1. The maximum Gasteiger partial charge on any atom is 0.258 e. The van der Waals surface area contributed by atoms with Gasteiger partial charge in [0.15, 0.2) is 0 Å². The lowest BCUT2D eigenvalue weighted by molar-refractivity contribution is 0.0448. The first-order valence-corrected chi connectivity index (χ1v) is 5.62. The van der Waals surface area contributed by atoms with E-state index >= 15 is 0 Å². The van der Waals surface area contributed by atoms with E-state index in [2.05, 4.69) is 0 Å². The molecule has 0 bridgehead atoms. The van der Waals surface area contributed by atoms with Crippen LogP contribution in [0, 0.1) is 0 Å². The Bertz CT molecular complexity index is 383. The smallest absolute Gasteiger partial charge is 0.258 e. The van der Waals surface area contributed by atoms with Crippen LogP contribution in [0.4, 0.5) is 14.5 Å². The lowest BCUT2D eigenvalue weighted by atomic mass is 9.90. The molecule has 0 amide bonds. The number of hydrogen-bond acceptors (Lipinski definition) is 3. The molecule has 0 radical (unpaired) electrons. The zero-order valence-electron chi connectivity index (χ0n) is 9.44. The molecule has 0 aromatic heterocycles. The molecule has 0 spiro atoms. The molecule has 1 atom stereocenters. The number of anilines is 1. The van der Waals surface area contributed by atoms with Crippen molar-refractivity contribution in [1.29, 1.82) is 0 Å². The standard InChI is InChI=1S/C12H16F2N2O/c13-11(14)12(15)6-1-7-16(8-12)9-2-4-10(17)5-3-9/h2-5,11,17H,1,6-8,15H2. The summed E-state index contributed by atoms with van der Waals surface area (Å²) in [6, 6.07) is 6.52. The van der Waals surface area contributed by atoms with Gasteiger partial charge in [-0.2, -0.15) is 0 Å². The summed E-state index contributed by atoms with van der Waals surface area (Å²) < 4.78 is 25.7. The van der Waals surface area contributed by atoms with Crippen molar-refractivity contribution in [2.45, 2.75) is 24.8 Å². The Morgan fingerprint density at radius 2 is 1.94 bits per heavy atom. The average molecular weight is 242 g/mol. The molecule has 0 saturated carbocycles. The molecule has 1 unspecified atom stereocenters. The quantitative estimate of drug-likeness (QED) is 0.833. The fourth-order valence-corrected chi connectivity index (χ4v) is 2.17. The molecule has 17 heavy (non-hydrogen) atoms. The fourth-order valence-electron chi connectivity index (χ4n) is 2.17. The van der Waals surface area contributed by atoms with Crippen molar-refractivity contribution in [3.63, 3.8) is 0 Å². The minimum atomic E-state index is -2.51. The van der Waals surface area contributed by atoms with Crippen molar-refractivity contribution in [1.82, 2.24) is 0 Å². The summed E-state index contributed by atoms with van der Waals surface area (Å²) in [6.45, 7) is 0.867. The second-order valence-corrected chi connectivity index (χ2v) is 4.58. The minimum Gasteiger partial charge on any atom is -0.508 e. The number of phenolic OH excluding ortho intramolecular Hbond substituents is 1. The monoisotopic (exact) mass is 242 g/mol. The Kier molecular flexibility index (Phi) is 3.19. The van der Waals surface area contributed by atoms with E-state index in [0.717, 1.165) is 12.2 Å². The third kappa shape index (κ3) is 2.49. The molecule has 1 saturated heterocycles. The molecule has 5 heteroatoms. The van der Waals surface area contributed by atoms with Crippen molar-refractivity contribution in [2.24, 2.45) is 5.73 Å². The Hall–Kier alpha value is -1.36. The Morgan fingerprint density at radius 3 is 2.53 bits per heavy atom. The number of rotatable bonds is 2. The topological polar surface area (TPSA) is 49.5 Å². The molecule has 1 aromatic rings. The van der Waals surface area contributed by atoms with Gasteiger partial charge < -0.3 is 15.7 Å². The Morgan fingerprint density at radius 1 is 1.29 bits per heavy atom. The second kappa shape index (κ2) is 4.49. The predicted molar refractivity (Wildman–Crippen MR) is 62.5 cm³/mol. The highest BCUT2D eigenvalue weighted by Gasteiger charge is 2.39. The maximum absolute atomic E-state index is 12.9. The van der Waals surface area contributed by atoms with Crippen molar-refractivity contribution in [3.05, 3.63) is 24.3 Å². The van der Waals surface area contributed by atoms with Gasteiger partial charge in [0.1, 0.15) is 5.75 Å². The molecule has 1 aliphatic rings. The van der Waals surface area contributed by atoms with Gasteiger partial charge in [0.05, 0.1) is 5.54 Å². The van der Waals surface area contributed by atoms with Gasteiger partial charge in [-0.3, -0.25) is 0 Å². The highest BCUT2D eigenvalue weighted by molar-refractivity contribution is 5.49. The number of nitrogens with two attached hydrogens (primary N) is 1. The number of phenols is 1. The molecular formula is C12H16F2N2O. The molecule has 1 heterocycles. The van der Waals surface area contributed by atoms with Crippen molar-refractivity contribution < 1.29 is 13.9 Å². The van der Waals surface area contributed by atoms with Crippen LogP contribution in [0.3, 0.4) is 0 Å². The van der Waals surface area contributed by atoms with Gasteiger partial charge >= 0.3 is 0 Å². The van der Waals surface area contributed by atoms with Crippen molar-refractivity contribution in [2.75, 3.05) is 18.0 Å². The molecule has 94 valence electrons. The molecular weight excluding hydrogens is 226 g/mol.